The second-order valence-electron chi connectivity index (χ2n) is 6.92. The van der Waals surface area contributed by atoms with Crippen molar-refractivity contribution in [1.29, 1.82) is 0 Å². The first-order valence-corrected chi connectivity index (χ1v) is 9.37. The Bertz CT molecular complexity index is 684. The summed E-state index contributed by atoms with van der Waals surface area (Å²) in [6.45, 7) is 6.71. The van der Waals surface area contributed by atoms with E-state index in [1.54, 1.807) is 7.11 Å². The highest BCUT2D eigenvalue weighted by Crippen LogP contribution is 2.26. The molecule has 138 valence electrons. The Morgan fingerprint density at radius 3 is 2.96 bits per heavy atom. The van der Waals surface area contributed by atoms with Crippen LogP contribution in [-0.4, -0.2) is 46.3 Å². The van der Waals surface area contributed by atoms with Crippen LogP contribution >= 0.6 is 11.6 Å². The van der Waals surface area contributed by atoms with Gasteiger partial charge in [-0.05, 0) is 13.3 Å². The third-order valence-corrected chi connectivity index (χ3v) is 5.14. The number of aryl methyl sites for hydroxylation is 2. The van der Waals surface area contributed by atoms with Crippen LogP contribution in [0.4, 0.5) is 0 Å². The number of H-pyrrole nitrogens is 1. The maximum atomic E-state index is 6.32. The van der Waals surface area contributed by atoms with Gasteiger partial charge in [-0.15, -0.1) is 0 Å². The van der Waals surface area contributed by atoms with Gasteiger partial charge in [-0.2, -0.15) is 0 Å². The SMILES string of the molecule is CCCCc1nc(Cl)c(CN2C[C@@H](Cc3cc(C)no3)[C@@H](OC)C2)[nH]1. The molecule has 0 saturated carbocycles. The summed E-state index contributed by atoms with van der Waals surface area (Å²) in [5.74, 6) is 2.30. The molecule has 0 radical (unpaired) electrons. The van der Waals surface area contributed by atoms with E-state index in [-0.39, 0.29) is 6.10 Å². The largest absolute Gasteiger partial charge is 0.380 e. The number of aromatic amines is 1. The van der Waals surface area contributed by atoms with E-state index in [1.807, 2.05) is 13.0 Å². The highest BCUT2D eigenvalue weighted by atomic mass is 35.5. The fraction of sp³-hybridized carbons (Fsp3) is 0.667. The van der Waals surface area contributed by atoms with E-state index in [0.29, 0.717) is 11.1 Å². The molecule has 2 aromatic heterocycles. The molecule has 0 aromatic carbocycles. The predicted molar refractivity (Wildman–Crippen MR) is 96.7 cm³/mol. The maximum absolute atomic E-state index is 6.32. The monoisotopic (exact) mass is 366 g/mol. The number of rotatable bonds is 8. The molecule has 2 aromatic rings. The molecule has 3 heterocycles. The number of imidazole rings is 1. The molecule has 0 spiro atoms. The van der Waals surface area contributed by atoms with Gasteiger partial charge in [-0.25, -0.2) is 4.98 Å². The third kappa shape index (κ3) is 4.63. The molecule has 1 fully saturated rings. The number of hydrogen-bond donors (Lipinski definition) is 1. The Morgan fingerprint density at radius 2 is 2.28 bits per heavy atom. The molecule has 3 rings (SSSR count). The fourth-order valence-electron chi connectivity index (χ4n) is 3.52. The van der Waals surface area contributed by atoms with Crippen LogP contribution in [0.25, 0.3) is 0 Å². The normalized spacial score (nSPS) is 21.3. The van der Waals surface area contributed by atoms with Crippen LogP contribution < -0.4 is 0 Å². The second kappa shape index (κ2) is 8.34. The molecule has 7 heteroatoms. The molecule has 0 amide bonds. The number of nitrogens with one attached hydrogen (secondary N) is 1. The van der Waals surface area contributed by atoms with Crippen LogP contribution in [0.5, 0.6) is 0 Å². The summed E-state index contributed by atoms with van der Waals surface area (Å²) >= 11 is 6.32. The van der Waals surface area contributed by atoms with Crippen molar-refractivity contribution in [3.8, 4) is 0 Å². The number of halogens is 1. The minimum absolute atomic E-state index is 0.187. The van der Waals surface area contributed by atoms with Crippen molar-refractivity contribution < 1.29 is 9.26 Å². The summed E-state index contributed by atoms with van der Waals surface area (Å²) in [5, 5.41) is 4.57. The zero-order chi connectivity index (χ0) is 17.8. The maximum Gasteiger partial charge on any atom is 0.151 e. The molecule has 1 aliphatic heterocycles. The first-order chi connectivity index (χ1) is 12.1. The Balaban J connectivity index is 1.61. The van der Waals surface area contributed by atoms with Gasteiger partial charge in [0.05, 0.1) is 17.5 Å². The van der Waals surface area contributed by atoms with E-state index in [0.717, 1.165) is 68.3 Å². The van der Waals surface area contributed by atoms with E-state index in [4.69, 9.17) is 20.9 Å². The Hall–Kier alpha value is -1.37. The third-order valence-electron chi connectivity index (χ3n) is 4.83. The molecule has 6 nitrogen and oxygen atoms in total. The Kier molecular flexibility index (Phi) is 6.15. The van der Waals surface area contributed by atoms with Crippen molar-refractivity contribution in [2.24, 2.45) is 5.92 Å². The van der Waals surface area contributed by atoms with E-state index < -0.39 is 0 Å². The standard InChI is InChI=1S/C18H27ClN4O2/c1-4-5-6-17-20-15(18(19)21-17)10-23-9-13(16(11-23)24-3)8-14-7-12(2)22-25-14/h7,13,16H,4-6,8-11H2,1-3H3,(H,20,21)/t13-,16+/m1/s1. The number of unbranched alkanes of at least 4 members (excludes halogenated alkanes) is 1. The van der Waals surface area contributed by atoms with Crippen LogP contribution in [0.15, 0.2) is 10.6 Å². The van der Waals surface area contributed by atoms with E-state index >= 15 is 0 Å². The first kappa shape index (κ1) is 18.4. The number of methoxy groups -OCH3 is 1. The van der Waals surface area contributed by atoms with Gasteiger partial charge in [0.1, 0.15) is 11.6 Å². The topological polar surface area (TPSA) is 67.2 Å². The molecule has 1 saturated heterocycles. The lowest BCUT2D eigenvalue weighted by atomic mass is 10.0. The lowest BCUT2D eigenvalue weighted by Crippen LogP contribution is -2.23. The van der Waals surface area contributed by atoms with Gasteiger partial charge in [-0.1, -0.05) is 30.1 Å². The van der Waals surface area contributed by atoms with Gasteiger partial charge in [0.25, 0.3) is 0 Å². The van der Waals surface area contributed by atoms with Crippen LogP contribution in [0, 0.1) is 12.8 Å². The van der Waals surface area contributed by atoms with E-state index in [1.165, 1.54) is 0 Å². The number of nitrogens with zero attached hydrogens (tertiary/aromatic N) is 3. The number of hydrogen-bond acceptors (Lipinski definition) is 5. The lowest BCUT2D eigenvalue weighted by Gasteiger charge is -2.14. The smallest absolute Gasteiger partial charge is 0.151 e. The van der Waals surface area contributed by atoms with Crippen molar-refractivity contribution in [3.63, 3.8) is 0 Å². The van der Waals surface area contributed by atoms with Crippen molar-refractivity contribution in [2.75, 3.05) is 20.2 Å². The van der Waals surface area contributed by atoms with Gasteiger partial charge in [0, 0.05) is 51.6 Å². The number of ether oxygens (including phenoxy) is 1. The van der Waals surface area contributed by atoms with Crippen molar-refractivity contribution in [3.05, 3.63) is 34.2 Å². The van der Waals surface area contributed by atoms with Gasteiger partial charge >= 0.3 is 0 Å². The quantitative estimate of drug-likeness (QED) is 0.775. The minimum Gasteiger partial charge on any atom is -0.380 e. The van der Waals surface area contributed by atoms with Crippen LogP contribution in [0.2, 0.25) is 5.15 Å². The Labute approximate surface area is 153 Å². The molecule has 0 bridgehead atoms. The zero-order valence-electron chi connectivity index (χ0n) is 15.2. The lowest BCUT2D eigenvalue weighted by molar-refractivity contribution is 0.0761. The van der Waals surface area contributed by atoms with Gasteiger partial charge < -0.3 is 14.2 Å². The van der Waals surface area contributed by atoms with E-state index in [2.05, 4.69) is 26.9 Å². The summed E-state index contributed by atoms with van der Waals surface area (Å²) in [6, 6.07) is 2.00. The summed E-state index contributed by atoms with van der Waals surface area (Å²) < 4.78 is 11.1. The molecular weight excluding hydrogens is 340 g/mol. The molecule has 0 unspecified atom stereocenters. The van der Waals surface area contributed by atoms with Crippen molar-refractivity contribution in [2.45, 2.75) is 52.2 Å². The molecule has 0 aliphatic carbocycles. The molecule has 2 atom stereocenters. The number of likely N-dealkylation sites (tertiary alicyclic amines) is 1. The average molecular weight is 367 g/mol. The van der Waals surface area contributed by atoms with Crippen LogP contribution in [-0.2, 0) is 24.1 Å². The average Bonchev–Trinajstić information content (AvgIpc) is 3.26. The first-order valence-electron chi connectivity index (χ1n) is 8.99. The van der Waals surface area contributed by atoms with Crippen LogP contribution in [0.1, 0.15) is 42.7 Å². The van der Waals surface area contributed by atoms with Gasteiger partial charge in [0.2, 0.25) is 0 Å². The molecule has 25 heavy (non-hydrogen) atoms. The second-order valence-corrected chi connectivity index (χ2v) is 7.28. The van der Waals surface area contributed by atoms with Crippen molar-refractivity contribution in [1.82, 2.24) is 20.0 Å². The molecule has 1 N–H and O–H groups in total. The minimum atomic E-state index is 0.187. The van der Waals surface area contributed by atoms with Gasteiger partial charge in [-0.3, -0.25) is 4.90 Å². The van der Waals surface area contributed by atoms with E-state index in [9.17, 15) is 0 Å². The molecular formula is C18H27ClN4O2. The highest BCUT2D eigenvalue weighted by Gasteiger charge is 2.34. The van der Waals surface area contributed by atoms with Crippen LogP contribution in [0.3, 0.4) is 0 Å². The molecule has 1 aliphatic rings. The predicted octanol–water partition coefficient (Wildman–Crippen LogP) is 3.39. The zero-order valence-corrected chi connectivity index (χ0v) is 16.0. The summed E-state index contributed by atoms with van der Waals surface area (Å²) in [5.41, 5.74) is 1.92. The Morgan fingerprint density at radius 1 is 1.44 bits per heavy atom. The fourth-order valence-corrected chi connectivity index (χ4v) is 3.73. The van der Waals surface area contributed by atoms with Crippen molar-refractivity contribution >= 4 is 11.6 Å². The highest BCUT2D eigenvalue weighted by molar-refractivity contribution is 6.30. The number of aromatic nitrogens is 3. The summed E-state index contributed by atoms with van der Waals surface area (Å²) in [7, 11) is 1.78. The van der Waals surface area contributed by atoms with Gasteiger partial charge in [0.15, 0.2) is 5.15 Å². The summed E-state index contributed by atoms with van der Waals surface area (Å²) in [4.78, 5) is 10.2. The summed E-state index contributed by atoms with van der Waals surface area (Å²) in [6.07, 6.45) is 4.25.